The van der Waals surface area contributed by atoms with Gasteiger partial charge in [0.2, 0.25) is 0 Å². The van der Waals surface area contributed by atoms with Gasteiger partial charge in [0.15, 0.2) is 0 Å². The van der Waals surface area contributed by atoms with Gasteiger partial charge in [0, 0.05) is 22.5 Å². The van der Waals surface area contributed by atoms with Crippen molar-refractivity contribution >= 4 is 11.4 Å². The van der Waals surface area contributed by atoms with Crippen LogP contribution in [0.15, 0.2) is 84.1 Å². The molecule has 0 fully saturated rings. The van der Waals surface area contributed by atoms with E-state index in [-0.39, 0.29) is 27.1 Å². The van der Waals surface area contributed by atoms with Gasteiger partial charge in [-0.25, -0.2) is 0 Å². The maximum Gasteiger partial charge on any atom is 0.0490 e. The highest BCUT2D eigenvalue weighted by molar-refractivity contribution is 5.78. The molecular weight excluding hydrogens is 494 g/mol. The van der Waals surface area contributed by atoms with Crippen LogP contribution in [0.5, 0.6) is 0 Å². The van der Waals surface area contributed by atoms with Crippen LogP contribution in [0.1, 0.15) is 104 Å². The normalized spacial score (nSPS) is 22.1. The summed E-state index contributed by atoms with van der Waals surface area (Å²) < 4.78 is 0. The van der Waals surface area contributed by atoms with E-state index in [1.54, 1.807) is 16.7 Å². The van der Waals surface area contributed by atoms with Gasteiger partial charge in [-0.05, 0) is 112 Å². The van der Waals surface area contributed by atoms with Crippen LogP contribution in [0.3, 0.4) is 0 Å². The van der Waals surface area contributed by atoms with Crippen LogP contribution >= 0.6 is 0 Å². The fourth-order valence-electron chi connectivity index (χ4n) is 8.72. The predicted molar refractivity (Wildman–Crippen MR) is 177 cm³/mol. The molecule has 0 saturated carbocycles. The van der Waals surface area contributed by atoms with E-state index >= 15 is 0 Å². The molecule has 214 valence electrons. The van der Waals surface area contributed by atoms with Gasteiger partial charge in [-0.15, -0.1) is 0 Å². The Morgan fingerprint density at radius 1 is 0.659 bits per heavy atom. The van der Waals surface area contributed by atoms with Crippen molar-refractivity contribution in [1.29, 1.82) is 0 Å². The standard InChI is InChI=1S/C40H49N/c1-26-16-12-14-18-33(26)41(34-19-15-13-17-27(34)2)30-22-20-28(21-23-30)29-24-31-35-32(25-29)37(5,6)39(9,10)40(35,11)38(7,8)36(31,3)4/h12,14-16,18-25H,13,17H2,1-11H3. The van der Waals surface area contributed by atoms with Crippen LogP contribution < -0.4 is 4.90 Å². The van der Waals surface area contributed by atoms with Crippen LogP contribution in [-0.2, 0) is 16.2 Å². The minimum Gasteiger partial charge on any atom is -0.310 e. The number of hydrogen-bond acceptors (Lipinski definition) is 1. The lowest BCUT2D eigenvalue weighted by molar-refractivity contribution is -0.0105. The first kappa shape index (κ1) is 28.1. The molecule has 1 heteroatoms. The lowest BCUT2D eigenvalue weighted by Gasteiger charge is -2.56. The Morgan fingerprint density at radius 2 is 1.22 bits per heavy atom. The number of nitrogens with zero attached hydrogens (tertiary/aromatic N) is 1. The first-order valence-corrected chi connectivity index (χ1v) is 15.6. The molecule has 3 aliphatic rings. The lowest BCUT2D eigenvalue weighted by Crippen LogP contribution is -2.54. The number of rotatable bonds is 4. The minimum atomic E-state index is 0.0779. The van der Waals surface area contributed by atoms with Gasteiger partial charge in [-0.1, -0.05) is 111 Å². The maximum absolute atomic E-state index is 2.56. The number of para-hydroxylation sites is 1. The predicted octanol–water partition coefficient (Wildman–Crippen LogP) is 11.3. The fraction of sp³-hybridized carbons (Fsp3) is 0.450. The zero-order chi connectivity index (χ0) is 29.8. The molecule has 0 atom stereocenters. The van der Waals surface area contributed by atoms with Gasteiger partial charge in [0.05, 0.1) is 0 Å². The van der Waals surface area contributed by atoms with Gasteiger partial charge < -0.3 is 4.90 Å². The Labute approximate surface area is 249 Å². The van der Waals surface area contributed by atoms with Crippen molar-refractivity contribution in [2.24, 2.45) is 10.8 Å². The van der Waals surface area contributed by atoms with Gasteiger partial charge in [-0.3, -0.25) is 0 Å². The highest BCUT2D eigenvalue weighted by Crippen LogP contribution is 2.76. The minimum absolute atomic E-state index is 0.0779. The Balaban J connectivity index is 1.50. The SMILES string of the molecule is CC1=C(N(c2ccc(-c3cc4c5c(c3)C(C)(C)C(C)(C)C5(C)C(C)(C)C4(C)C)cc2)c2ccccc2C)C=CCC1. The van der Waals surface area contributed by atoms with E-state index in [9.17, 15) is 0 Å². The molecule has 1 nitrogen and oxygen atoms in total. The largest absolute Gasteiger partial charge is 0.310 e. The molecular formula is C40H49N. The average molecular weight is 544 g/mol. The summed E-state index contributed by atoms with van der Waals surface area (Å²) in [7, 11) is 0. The third kappa shape index (κ3) is 3.41. The summed E-state index contributed by atoms with van der Waals surface area (Å²) in [5.41, 5.74) is 14.4. The Morgan fingerprint density at radius 3 is 1.76 bits per heavy atom. The van der Waals surface area contributed by atoms with E-state index in [2.05, 4.69) is 154 Å². The second-order valence-electron chi connectivity index (χ2n) is 15.3. The second kappa shape index (κ2) is 8.73. The highest BCUT2D eigenvalue weighted by atomic mass is 15.1. The number of aryl methyl sites for hydroxylation is 1. The Bertz CT molecular complexity index is 1550. The number of anilines is 2. The zero-order valence-electron chi connectivity index (χ0n) is 27.3. The molecule has 3 aromatic rings. The molecule has 0 amide bonds. The number of hydrogen-bond donors (Lipinski definition) is 0. The average Bonchev–Trinajstić information content (AvgIpc) is 3.14. The summed E-state index contributed by atoms with van der Waals surface area (Å²) in [6, 6.07) is 23.2. The third-order valence-corrected chi connectivity index (χ3v) is 13.1. The van der Waals surface area contributed by atoms with Crippen LogP contribution in [0, 0.1) is 17.8 Å². The van der Waals surface area contributed by atoms with Gasteiger partial charge in [0.25, 0.3) is 0 Å². The van der Waals surface area contributed by atoms with Gasteiger partial charge >= 0.3 is 0 Å². The van der Waals surface area contributed by atoms with Crippen molar-refractivity contribution in [2.45, 2.75) is 105 Å². The van der Waals surface area contributed by atoms with Crippen LogP contribution in [-0.4, -0.2) is 0 Å². The van der Waals surface area contributed by atoms with Crippen molar-refractivity contribution < 1.29 is 0 Å². The van der Waals surface area contributed by atoms with Crippen molar-refractivity contribution in [3.8, 4) is 11.1 Å². The number of allylic oxidation sites excluding steroid dienone is 3. The molecule has 41 heavy (non-hydrogen) atoms. The van der Waals surface area contributed by atoms with Crippen molar-refractivity contribution in [2.75, 3.05) is 4.90 Å². The summed E-state index contributed by atoms with van der Waals surface area (Å²) in [6.45, 7) is 27.1. The molecule has 0 radical (unpaired) electrons. The van der Waals surface area contributed by atoms with Crippen LogP contribution in [0.4, 0.5) is 11.4 Å². The third-order valence-electron chi connectivity index (χ3n) is 13.1. The molecule has 6 rings (SSSR count). The molecule has 0 spiro atoms. The summed E-state index contributed by atoms with van der Waals surface area (Å²) in [4.78, 5) is 2.45. The molecule has 0 unspecified atom stereocenters. The molecule has 0 aliphatic heterocycles. The topological polar surface area (TPSA) is 3.24 Å². The quantitative estimate of drug-likeness (QED) is 0.316. The summed E-state index contributed by atoms with van der Waals surface area (Å²) in [5, 5.41) is 0. The fourth-order valence-corrected chi connectivity index (χ4v) is 8.72. The van der Waals surface area contributed by atoms with Crippen molar-refractivity contribution in [3.05, 3.63) is 106 Å². The molecule has 3 aromatic carbocycles. The second-order valence-corrected chi connectivity index (χ2v) is 15.3. The van der Waals surface area contributed by atoms with Crippen LogP contribution in [0.25, 0.3) is 11.1 Å². The highest BCUT2D eigenvalue weighted by Gasteiger charge is 2.72. The first-order chi connectivity index (χ1) is 19.1. The van der Waals surface area contributed by atoms with E-state index in [0.717, 1.165) is 12.8 Å². The van der Waals surface area contributed by atoms with Crippen LogP contribution in [0.2, 0.25) is 0 Å². The number of benzene rings is 3. The Hall–Kier alpha value is -3.06. The molecule has 0 heterocycles. The molecule has 0 N–H and O–H groups in total. The first-order valence-electron chi connectivity index (χ1n) is 15.6. The van der Waals surface area contributed by atoms with Crippen molar-refractivity contribution in [3.63, 3.8) is 0 Å². The van der Waals surface area contributed by atoms with E-state index in [1.807, 2.05) is 0 Å². The molecule has 0 saturated heterocycles. The molecule has 0 aromatic heterocycles. The summed E-state index contributed by atoms with van der Waals surface area (Å²) >= 11 is 0. The van der Waals surface area contributed by atoms with E-state index in [1.165, 1.54) is 39.3 Å². The van der Waals surface area contributed by atoms with Gasteiger partial charge in [-0.2, -0.15) is 0 Å². The van der Waals surface area contributed by atoms with E-state index in [0.29, 0.717) is 0 Å². The Kier molecular flexibility index (Phi) is 5.98. The lowest BCUT2D eigenvalue weighted by atomic mass is 9.47. The van der Waals surface area contributed by atoms with E-state index in [4.69, 9.17) is 0 Å². The zero-order valence-corrected chi connectivity index (χ0v) is 27.3. The smallest absolute Gasteiger partial charge is 0.0490 e. The van der Waals surface area contributed by atoms with E-state index < -0.39 is 0 Å². The molecule has 3 aliphatic carbocycles. The monoisotopic (exact) mass is 543 g/mol. The maximum atomic E-state index is 2.56. The summed E-state index contributed by atoms with van der Waals surface area (Å²) in [5.74, 6) is 0. The molecule has 0 bridgehead atoms. The van der Waals surface area contributed by atoms with Crippen molar-refractivity contribution in [1.82, 2.24) is 0 Å². The van der Waals surface area contributed by atoms with Gasteiger partial charge in [0.1, 0.15) is 0 Å². The summed E-state index contributed by atoms with van der Waals surface area (Å²) in [6.07, 6.45) is 6.86.